The molecule has 3 rings (SSSR count). The molecule has 0 aliphatic carbocycles. The summed E-state index contributed by atoms with van der Waals surface area (Å²) in [6, 6.07) is 6.57. The smallest absolute Gasteiger partial charge is 0.326 e. The maximum atomic E-state index is 12.8. The Morgan fingerprint density at radius 2 is 1.92 bits per heavy atom. The van der Waals surface area contributed by atoms with Crippen molar-refractivity contribution >= 4 is 11.9 Å². The molecule has 2 aliphatic heterocycles. The second-order valence-corrected chi connectivity index (χ2v) is 6.92. The maximum Gasteiger partial charge on any atom is 0.326 e. The minimum absolute atomic E-state index is 0.00634. The Morgan fingerprint density at radius 1 is 1.20 bits per heavy atom. The molecule has 25 heavy (non-hydrogen) atoms. The van der Waals surface area contributed by atoms with Gasteiger partial charge in [0.2, 0.25) is 5.91 Å². The number of hydrazine groups is 1. The van der Waals surface area contributed by atoms with Crippen LogP contribution in [-0.2, 0) is 9.59 Å². The van der Waals surface area contributed by atoms with Crippen molar-refractivity contribution < 1.29 is 19.4 Å². The van der Waals surface area contributed by atoms with Crippen LogP contribution in [0.3, 0.4) is 0 Å². The Hall–Kier alpha value is -2.12. The normalized spacial score (nSPS) is 29.4. The fourth-order valence-corrected chi connectivity index (χ4v) is 3.61. The molecule has 0 saturated carbocycles. The molecule has 7 heteroatoms. The number of amides is 1. The van der Waals surface area contributed by atoms with Crippen LogP contribution < -0.4 is 15.6 Å². The number of carbonyl (C=O) groups excluding carboxylic acids is 1. The van der Waals surface area contributed by atoms with Gasteiger partial charge in [0.15, 0.2) is 0 Å². The first-order chi connectivity index (χ1) is 12.0. The lowest BCUT2D eigenvalue weighted by molar-refractivity contribution is -0.153. The number of nitrogens with zero attached hydrogens (tertiary/aromatic N) is 1. The van der Waals surface area contributed by atoms with Gasteiger partial charge in [-0.15, -0.1) is 0 Å². The van der Waals surface area contributed by atoms with Gasteiger partial charge in [-0.3, -0.25) is 4.79 Å². The molecule has 2 fully saturated rings. The second-order valence-electron chi connectivity index (χ2n) is 6.92. The molecular weight excluding hydrogens is 322 g/mol. The van der Waals surface area contributed by atoms with E-state index in [9.17, 15) is 14.7 Å². The molecule has 7 nitrogen and oxygen atoms in total. The van der Waals surface area contributed by atoms with Crippen molar-refractivity contribution in [2.45, 2.75) is 44.3 Å². The molecule has 0 aromatic heterocycles. The summed E-state index contributed by atoms with van der Waals surface area (Å²) in [5.74, 6) is 0.0568. The molecule has 0 radical (unpaired) electrons. The number of hydrogen-bond acceptors (Lipinski definition) is 5. The Labute approximate surface area is 147 Å². The monoisotopic (exact) mass is 347 g/mol. The number of piperidine rings is 1. The van der Waals surface area contributed by atoms with Crippen LogP contribution in [0.25, 0.3) is 0 Å². The highest BCUT2D eigenvalue weighted by Gasteiger charge is 2.40. The van der Waals surface area contributed by atoms with Crippen molar-refractivity contribution in [3.63, 3.8) is 0 Å². The summed E-state index contributed by atoms with van der Waals surface area (Å²) in [7, 11) is 1.62. The van der Waals surface area contributed by atoms with Gasteiger partial charge in [-0.25, -0.2) is 15.6 Å². The quantitative estimate of drug-likeness (QED) is 0.761. The topological polar surface area (TPSA) is 90.9 Å². The number of likely N-dealkylation sites (tertiary alicyclic amines) is 1. The number of methoxy groups -OCH3 is 1. The first-order valence-corrected chi connectivity index (χ1v) is 8.68. The zero-order chi connectivity index (χ0) is 18.0. The van der Waals surface area contributed by atoms with Crippen LogP contribution in [0.1, 0.15) is 37.8 Å². The third-order valence-corrected chi connectivity index (χ3v) is 5.15. The van der Waals surface area contributed by atoms with Crippen molar-refractivity contribution in [1.29, 1.82) is 0 Å². The van der Waals surface area contributed by atoms with E-state index >= 15 is 0 Å². The molecule has 2 heterocycles. The highest BCUT2D eigenvalue weighted by atomic mass is 16.5. The highest BCUT2D eigenvalue weighted by Crippen LogP contribution is 2.28. The van der Waals surface area contributed by atoms with Gasteiger partial charge in [-0.1, -0.05) is 19.1 Å². The van der Waals surface area contributed by atoms with Gasteiger partial charge in [0.1, 0.15) is 17.8 Å². The van der Waals surface area contributed by atoms with Crippen LogP contribution in [0, 0.1) is 5.92 Å². The summed E-state index contributed by atoms with van der Waals surface area (Å²) in [6.45, 7) is 2.54. The zero-order valence-corrected chi connectivity index (χ0v) is 14.6. The number of carboxylic acid groups (broad SMARTS) is 1. The number of hydrogen-bond donors (Lipinski definition) is 3. The minimum atomic E-state index is -0.919. The summed E-state index contributed by atoms with van der Waals surface area (Å²) in [6.07, 6.45) is 1.95. The number of rotatable bonds is 4. The van der Waals surface area contributed by atoms with Gasteiger partial charge in [0, 0.05) is 12.6 Å². The van der Waals surface area contributed by atoms with E-state index in [-0.39, 0.29) is 11.9 Å². The predicted octanol–water partition coefficient (Wildman–Crippen LogP) is 1.31. The second kappa shape index (κ2) is 7.41. The van der Waals surface area contributed by atoms with Gasteiger partial charge in [0.05, 0.1) is 7.11 Å². The van der Waals surface area contributed by atoms with Crippen molar-refractivity contribution in [3.05, 3.63) is 29.8 Å². The number of ether oxygens (including phenoxy) is 1. The van der Waals surface area contributed by atoms with E-state index in [0.29, 0.717) is 25.3 Å². The molecule has 1 aromatic carbocycles. The van der Waals surface area contributed by atoms with Gasteiger partial charge in [-0.2, -0.15) is 0 Å². The number of benzene rings is 1. The Morgan fingerprint density at radius 3 is 2.56 bits per heavy atom. The number of nitrogens with one attached hydrogen (secondary N) is 2. The average Bonchev–Trinajstić information content (AvgIpc) is 3.11. The van der Waals surface area contributed by atoms with E-state index in [0.717, 1.165) is 17.7 Å². The third-order valence-electron chi connectivity index (χ3n) is 5.15. The lowest BCUT2D eigenvalue weighted by Crippen LogP contribution is -2.55. The molecular formula is C18H25N3O4. The molecule has 4 unspecified atom stereocenters. The largest absolute Gasteiger partial charge is 0.497 e. The van der Waals surface area contributed by atoms with E-state index in [1.807, 2.05) is 31.2 Å². The molecule has 1 aromatic rings. The lowest BCUT2D eigenvalue weighted by atomic mass is 9.91. The Balaban J connectivity index is 1.66. The highest BCUT2D eigenvalue weighted by molar-refractivity contribution is 5.87. The van der Waals surface area contributed by atoms with E-state index in [2.05, 4.69) is 10.9 Å². The summed E-state index contributed by atoms with van der Waals surface area (Å²) < 4.78 is 5.16. The van der Waals surface area contributed by atoms with Crippen molar-refractivity contribution in [1.82, 2.24) is 15.8 Å². The van der Waals surface area contributed by atoms with E-state index < -0.39 is 18.1 Å². The van der Waals surface area contributed by atoms with Crippen molar-refractivity contribution in [2.75, 3.05) is 13.7 Å². The van der Waals surface area contributed by atoms with Gasteiger partial charge >= 0.3 is 5.97 Å². The molecule has 136 valence electrons. The number of carbonyl (C=O) groups is 2. The molecule has 4 atom stereocenters. The van der Waals surface area contributed by atoms with Crippen LogP contribution in [-0.4, -0.2) is 47.6 Å². The predicted molar refractivity (Wildman–Crippen MR) is 91.9 cm³/mol. The van der Waals surface area contributed by atoms with Gasteiger partial charge < -0.3 is 14.7 Å². The maximum absolute atomic E-state index is 12.8. The molecule has 2 aliphatic rings. The summed E-state index contributed by atoms with van der Waals surface area (Å²) >= 11 is 0. The Bertz CT molecular complexity index is 634. The average molecular weight is 347 g/mol. The summed E-state index contributed by atoms with van der Waals surface area (Å²) in [4.78, 5) is 25.9. The fraction of sp³-hybridized carbons (Fsp3) is 0.556. The molecule has 2 saturated heterocycles. The summed E-state index contributed by atoms with van der Waals surface area (Å²) in [5.41, 5.74) is 7.24. The zero-order valence-electron chi connectivity index (χ0n) is 14.6. The van der Waals surface area contributed by atoms with Crippen LogP contribution in [0.5, 0.6) is 5.75 Å². The lowest BCUT2D eigenvalue weighted by Gasteiger charge is -2.37. The van der Waals surface area contributed by atoms with Crippen LogP contribution in [0.4, 0.5) is 0 Å². The molecule has 0 bridgehead atoms. The first kappa shape index (κ1) is 17.7. The minimum Gasteiger partial charge on any atom is -0.497 e. The summed E-state index contributed by atoms with van der Waals surface area (Å²) in [5, 5.41) is 9.46. The van der Waals surface area contributed by atoms with Crippen molar-refractivity contribution in [3.8, 4) is 5.75 Å². The standard InChI is InChI=1S/C18H25N3O4/c1-11-7-8-21(16(9-11)18(23)24)17(22)15-10-14(19-20-15)12-3-5-13(25-2)6-4-12/h3-6,11,14-16,19-20H,7-10H2,1-2H3,(H,23,24). The third kappa shape index (κ3) is 3.77. The van der Waals surface area contributed by atoms with Crippen LogP contribution in [0.15, 0.2) is 24.3 Å². The number of aliphatic carboxylic acids is 1. The number of carboxylic acids is 1. The molecule has 0 spiro atoms. The van der Waals surface area contributed by atoms with E-state index in [1.54, 1.807) is 7.11 Å². The van der Waals surface area contributed by atoms with Crippen LogP contribution in [0.2, 0.25) is 0 Å². The van der Waals surface area contributed by atoms with Crippen LogP contribution >= 0.6 is 0 Å². The molecule has 3 N–H and O–H groups in total. The van der Waals surface area contributed by atoms with Crippen molar-refractivity contribution in [2.24, 2.45) is 5.92 Å². The van der Waals surface area contributed by atoms with Gasteiger partial charge in [-0.05, 0) is 42.9 Å². The van der Waals surface area contributed by atoms with E-state index in [1.165, 1.54) is 4.90 Å². The fourth-order valence-electron chi connectivity index (χ4n) is 3.61. The SMILES string of the molecule is COc1ccc(C2CC(C(=O)N3CCC(C)CC3C(=O)O)NN2)cc1. The van der Waals surface area contributed by atoms with Gasteiger partial charge in [0.25, 0.3) is 0 Å². The van der Waals surface area contributed by atoms with E-state index in [4.69, 9.17) is 4.74 Å². The molecule has 1 amide bonds. The Kier molecular flexibility index (Phi) is 5.24. The first-order valence-electron chi connectivity index (χ1n) is 8.68.